The molecule has 0 atom stereocenters. The van der Waals surface area contributed by atoms with Gasteiger partial charge < -0.3 is 4.90 Å². The van der Waals surface area contributed by atoms with Crippen molar-refractivity contribution >= 4 is 38.9 Å². The lowest BCUT2D eigenvalue weighted by Crippen LogP contribution is -2.48. The maximum atomic E-state index is 12.8. The van der Waals surface area contributed by atoms with E-state index in [-0.39, 0.29) is 11.6 Å². The quantitative estimate of drug-likeness (QED) is 0.393. The van der Waals surface area contributed by atoms with Crippen LogP contribution in [-0.2, 0) is 6.54 Å². The van der Waals surface area contributed by atoms with Crippen LogP contribution in [0.2, 0.25) is 0 Å². The predicted molar refractivity (Wildman–Crippen MR) is 120 cm³/mol. The highest BCUT2D eigenvalue weighted by atomic mass is 79.9. The van der Waals surface area contributed by atoms with Gasteiger partial charge in [-0.3, -0.25) is 19.8 Å². The molecule has 0 unspecified atom stereocenters. The Morgan fingerprint density at radius 1 is 1.13 bits per heavy atom. The zero-order valence-corrected chi connectivity index (χ0v) is 18.4. The number of piperazine rings is 1. The van der Waals surface area contributed by atoms with Crippen LogP contribution in [0.3, 0.4) is 0 Å². The van der Waals surface area contributed by atoms with Gasteiger partial charge in [0, 0.05) is 55.3 Å². The Morgan fingerprint density at radius 2 is 1.87 bits per heavy atom. The molecule has 1 aliphatic heterocycles. The lowest BCUT2D eigenvalue weighted by molar-refractivity contribution is -0.385. The van der Waals surface area contributed by atoms with Crippen molar-refractivity contribution in [2.24, 2.45) is 0 Å². The molecule has 0 spiro atoms. The summed E-state index contributed by atoms with van der Waals surface area (Å²) in [5, 5.41) is 14.2. The third kappa shape index (κ3) is 4.58. The van der Waals surface area contributed by atoms with Gasteiger partial charge in [-0.15, -0.1) is 11.3 Å². The van der Waals surface area contributed by atoms with Crippen LogP contribution >= 0.6 is 27.3 Å². The zero-order valence-electron chi connectivity index (χ0n) is 16.0. The van der Waals surface area contributed by atoms with Gasteiger partial charge in [-0.2, -0.15) is 0 Å². The Morgan fingerprint density at radius 3 is 2.57 bits per heavy atom. The molecule has 0 bridgehead atoms. The summed E-state index contributed by atoms with van der Waals surface area (Å²) in [5.41, 5.74) is 2.39. The molecule has 1 aliphatic rings. The molecule has 3 aromatic rings. The van der Waals surface area contributed by atoms with E-state index < -0.39 is 4.92 Å². The number of amides is 1. The lowest BCUT2D eigenvalue weighted by atomic mass is 10.1. The number of rotatable bonds is 5. The molecule has 0 saturated carbocycles. The van der Waals surface area contributed by atoms with Crippen molar-refractivity contribution in [3.8, 4) is 10.6 Å². The SMILES string of the molecule is O=C(c1ccc(Br)c([N+](=O)[O-])c1)N1CCN(Cc2csc(-c3ccccc3)n2)CC1. The van der Waals surface area contributed by atoms with Gasteiger partial charge in [-0.25, -0.2) is 4.98 Å². The molecule has 1 fully saturated rings. The molecule has 1 saturated heterocycles. The molecule has 0 radical (unpaired) electrons. The maximum Gasteiger partial charge on any atom is 0.284 e. The fourth-order valence-corrected chi connectivity index (χ4v) is 4.61. The molecule has 4 rings (SSSR count). The minimum atomic E-state index is -0.490. The number of hydrogen-bond donors (Lipinski definition) is 0. The van der Waals surface area contributed by atoms with E-state index in [9.17, 15) is 14.9 Å². The maximum absolute atomic E-state index is 12.8. The minimum Gasteiger partial charge on any atom is -0.336 e. The molecule has 154 valence electrons. The first-order valence-corrected chi connectivity index (χ1v) is 11.1. The van der Waals surface area contributed by atoms with E-state index in [1.807, 2.05) is 18.2 Å². The van der Waals surface area contributed by atoms with Gasteiger partial charge in [0.05, 0.1) is 15.1 Å². The summed E-state index contributed by atoms with van der Waals surface area (Å²) in [6, 6.07) is 14.6. The molecule has 2 aromatic carbocycles. The fraction of sp³-hybridized carbons (Fsp3) is 0.238. The standard InChI is InChI=1S/C21H19BrN4O3S/c22-18-7-6-16(12-19(18)26(28)29)21(27)25-10-8-24(9-11-25)13-17-14-30-20(23-17)15-4-2-1-3-5-15/h1-7,12,14H,8-11,13H2. The molecule has 9 heteroatoms. The van der Waals surface area contributed by atoms with Crippen molar-refractivity contribution < 1.29 is 9.72 Å². The Labute approximate surface area is 186 Å². The first kappa shape index (κ1) is 20.6. The van der Waals surface area contributed by atoms with Gasteiger partial charge in [-0.05, 0) is 28.1 Å². The van der Waals surface area contributed by atoms with Crippen molar-refractivity contribution in [2.75, 3.05) is 26.2 Å². The van der Waals surface area contributed by atoms with E-state index in [4.69, 9.17) is 4.98 Å². The lowest BCUT2D eigenvalue weighted by Gasteiger charge is -2.34. The van der Waals surface area contributed by atoms with Crippen molar-refractivity contribution in [3.05, 3.63) is 79.8 Å². The number of halogens is 1. The van der Waals surface area contributed by atoms with Gasteiger partial charge in [0.15, 0.2) is 0 Å². The molecule has 1 amide bonds. The molecular formula is C21H19BrN4O3S. The molecule has 1 aromatic heterocycles. The van der Waals surface area contributed by atoms with E-state index in [1.165, 1.54) is 6.07 Å². The highest BCUT2D eigenvalue weighted by Crippen LogP contribution is 2.27. The van der Waals surface area contributed by atoms with E-state index in [1.54, 1.807) is 28.4 Å². The van der Waals surface area contributed by atoms with Gasteiger partial charge in [0.2, 0.25) is 0 Å². The average Bonchev–Trinajstić information content (AvgIpc) is 3.23. The molecule has 2 heterocycles. The molecule has 0 N–H and O–H groups in total. The van der Waals surface area contributed by atoms with Gasteiger partial charge >= 0.3 is 0 Å². The summed E-state index contributed by atoms with van der Waals surface area (Å²) >= 11 is 4.79. The largest absolute Gasteiger partial charge is 0.336 e. The van der Waals surface area contributed by atoms with Gasteiger partial charge in [0.25, 0.3) is 11.6 Å². The van der Waals surface area contributed by atoms with Gasteiger partial charge in [0.1, 0.15) is 5.01 Å². The minimum absolute atomic E-state index is 0.0998. The highest BCUT2D eigenvalue weighted by Gasteiger charge is 2.24. The third-order valence-corrected chi connectivity index (χ3v) is 6.62. The second-order valence-electron chi connectivity index (χ2n) is 7.00. The van der Waals surface area contributed by atoms with E-state index in [2.05, 4.69) is 38.3 Å². The first-order valence-electron chi connectivity index (χ1n) is 9.46. The van der Waals surface area contributed by atoms with E-state index in [0.29, 0.717) is 23.1 Å². The summed E-state index contributed by atoms with van der Waals surface area (Å²) in [4.78, 5) is 32.2. The summed E-state index contributed by atoms with van der Waals surface area (Å²) in [6.07, 6.45) is 0. The number of aromatic nitrogens is 1. The number of carbonyl (C=O) groups is 1. The first-order chi connectivity index (χ1) is 14.5. The summed E-state index contributed by atoms with van der Waals surface area (Å²) in [6.45, 7) is 3.39. The van der Waals surface area contributed by atoms with Crippen LogP contribution < -0.4 is 0 Å². The number of hydrogen-bond acceptors (Lipinski definition) is 6. The fourth-order valence-electron chi connectivity index (χ4n) is 3.40. The number of nitrogens with zero attached hydrogens (tertiary/aromatic N) is 4. The highest BCUT2D eigenvalue weighted by molar-refractivity contribution is 9.10. The number of thiazole rings is 1. The van der Waals surface area contributed by atoms with Crippen LogP contribution in [0.15, 0.2) is 58.4 Å². The van der Waals surface area contributed by atoms with Crippen LogP contribution in [-0.4, -0.2) is 51.8 Å². The number of nitro benzene ring substituents is 1. The van der Waals surface area contributed by atoms with Crippen LogP contribution in [0.5, 0.6) is 0 Å². The molecule has 0 aliphatic carbocycles. The second-order valence-corrected chi connectivity index (χ2v) is 8.71. The van der Waals surface area contributed by atoms with Gasteiger partial charge in [-0.1, -0.05) is 30.3 Å². The monoisotopic (exact) mass is 486 g/mol. The Balaban J connectivity index is 1.35. The van der Waals surface area contributed by atoms with Crippen LogP contribution in [0.4, 0.5) is 5.69 Å². The average molecular weight is 487 g/mol. The zero-order chi connectivity index (χ0) is 21.1. The number of benzene rings is 2. The van der Waals surface area contributed by atoms with Crippen molar-refractivity contribution in [3.63, 3.8) is 0 Å². The Hall–Kier alpha value is -2.62. The predicted octanol–water partition coefficient (Wildman–Crippen LogP) is 4.44. The van der Waals surface area contributed by atoms with E-state index in [0.717, 1.165) is 35.9 Å². The van der Waals surface area contributed by atoms with Crippen molar-refractivity contribution in [1.29, 1.82) is 0 Å². The topological polar surface area (TPSA) is 79.6 Å². The van der Waals surface area contributed by atoms with Crippen molar-refractivity contribution in [2.45, 2.75) is 6.54 Å². The molecular weight excluding hydrogens is 468 g/mol. The smallest absolute Gasteiger partial charge is 0.284 e. The third-order valence-electron chi connectivity index (χ3n) is 5.01. The normalized spacial score (nSPS) is 14.6. The number of carbonyl (C=O) groups excluding carboxylic acids is 1. The number of nitro groups is 1. The van der Waals surface area contributed by atoms with Crippen LogP contribution in [0, 0.1) is 10.1 Å². The Kier molecular flexibility index (Phi) is 6.21. The summed E-state index contributed by atoms with van der Waals surface area (Å²) in [7, 11) is 0. The Bertz CT molecular complexity index is 1070. The van der Waals surface area contributed by atoms with E-state index >= 15 is 0 Å². The van der Waals surface area contributed by atoms with Crippen LogP contribution in [0.25, 0.3) is 10.6 Å². The summed E-state index contributed by atoms with van der Waals surface area (Å²) < 4.78 is 0.368. The second kappa shape index (κ2) is 9.03. The molecule has 30 heavy (non-hydrogen) atoms. The molecule has 7 nitrogen and oxygen atoms in total. The van der Waals surface area contributed by atoms with Crippen LogP contribution in [0.1, 0.15) is 16.1 Å². The summed E-state index contributed by atoms with van der Waals surface area (Å²) in [5.74, 6) is -0.176. The van der Waals surface area contributed by atoms with Crippen molar-refractivity contribution in [1.82, 2.24) is 14.8 Å².